The molecule has 0 aromatic heterocycles. The standard InChI is InChI=1S/C13H11F6N3S/c14-12(15,16)6-4-8(13(17,18)19)10-9(5-6)21-11(22-23-10)20-7-2-1-3-7/h4-5,7H,1-3H2,(H2,20,21,22). The third kappa shape index (κ3) is 3.36. The summed E-state index contributed by atoms with van der Waals surface area (Å²) in [6.45, 7) is 0. The molecule has 3 nitrogen and oxygen atoms in total. The third-order valence-electron chi connectivity index (χ3n) is 3.65. The first-order valence-corrected chi connectivity index (χ1v) is 7.53. The van der Waals surface area contributed by atoms with Crippen LogP contribution < -0.4 is 10.6 Å². The maximum absolute atomic E-state index is 13.0. The quantitative estimate of drug-likeness (QED) is 0.568. The number of alkyl halides is 6. The molecule has 0 atom stereocenters. The van der Waals surface area contributed by atoms with Crippen LogP contribution in [0.15, 0.2) is 21.4 Å². The SMILES string of the molecule is FC(F)(F)c1cc2c(c(C(F)(F)F)c1)SN=C(NC1CCC1)N2. The molecule has 0 spiro atoms. The topological polar surface area (TPSA) is 36.4 Å². The average molecular weight is 355 g/mol. The molecule has 2 aliphatic rings. The summed E-state index contributed by atoms with van der Waals surface area (Å²) in [6, 6.07) is 0.943. The van der Waals surface area contributed by atoms with Crippen molar-refractivity contribution in [2.75, 3.05) is 5.32 Å². The molecule has 1 saturated carbocycles. The van der Waals surface area contributed by atoms with Gasteiger partial charge in [0.1, 0.15) is 0 Å². The zero-order chi connectivity index (χ0) is 16.8. The van der Waals surface area contributed by atoms with Crippen LogP contribution >= 0.6 is 11.9 Å². The van der Waals surface area contributed by atoms with Gasteiger partial charge >= 0.3 is 12.4 Å². The van der Waals surface area contributed by atoms with Crippen LogP contribution in [0.4, 0.5) is 32.0 Å². The molecule has 1 aromatic carbocycles. The fraction of sp³-hybridized carbons (Fsp3) is 0.462. The van der Waals surface area contributed by atoms with Crippen LogP contribution in [0, 0.1) is 0 Å². The lowest BCUT2D eigenvalue weighted by Crippen LogP contribution is -2.43. The number of nitrogens with zero attached hydrogens (tertiary/aromatic N) is 1. The predicted octanol–water partition coefficient (Wildman–Crippen LogP) is 4.65. The van der Waals surface area contributed by atoms with Crippen LogP contribution in [0.2, 0.25) is 0 Å². The molecule has 1 aliphatic carbocycles. The first kappa shape index (κ1) is 16.3. The van der Waals surface area contributed by atoms with E-state index in [0.717, 1.165) is 19.3 Å². The van der Waals surface area contributed by atoms with Crippen molar-refractivity contribution in [2.24, 2.45) is 4.40 Å². The Morgan fingerprint density at radius 2 is 1.78 bits per heavy atom. The van der Waals surface area contributed by atoms with Gasteiger partial charge in [0.25, 0.3) is 0 Å². The Labute approximate surface area is 131 Å². The first-order chi connectivity index (χ1) is 10.6. The summed E-state index contributed by atoms with van der Waals surface area (Å²) in [4.78, 5) is -0.357. The van der Waals surface area contributed by atoms with Crippen molar-refractivity contribution >= 4 is 23.6 Å². The number of fused-ring (bicyclic) bond motifs is 1. The van der Waals surface area contributed by atoms with Crippen LogP contribution in [-0.2, 0) is 12.4 Å². The zero-order valence-electron chi connectivity index (χ0n) is 11.5. The molecule has 0 amide bonds. The highest BCUT2D eigenvalue weighted by molar-refractivity contribution is 7.98. The van der Waals surface area contributed by atoms with Gasteiger partial charge in [0.15, 0.2) is 0 Å². The van der Waals surface area contributed by atoms with Crippen molar-refractivity contribution in [2.45, 2.75) is 42.6 Å². The van der Waals surface area contributed by atoms with E-state index in [1.165, 1.54) is 0 Å². The highest BCUT2D eigenvalue weighted by Gasteiger charge is 2.40. The van der Waals surface area contributed by atoms with E-state index in [1.807, 2.05) is 0 Å². The minimum atomic E-state index is -4.89. The molecule has 0 bridgehead atoms. The van der Waals surface area contributed by atoms with Crippen molar-refractivity contribution in [3.63, 3.8) is 0 Å². The van der Waals surface area contributed by atoms with Gasteiger partial charge in [0.05, 0.1) is 21.7 Å². The summed E-state index contributed by atoms with van der Waals surface area (Å²) in [7, 11) is 0. The van der Waals surface area contributed by atoms with Crippen molar-refractivity contribution in [1.29, 1.82) is 0 Å². The fourth-order valence-electron chi connectivity index (χ4n) is 2.24. The highest BCUT2D eigenvalue weighted by atomic mass is 32.2. The van der Waals surface area contributed by atoms with Gasteiger partial charge in [0, 0.05) is 18.0 Å². The Kier molecular flexibility index (Phi) is 3.89. The molecule has 3 rings (SSSR count). The number of guanidine groups is 1. The van der Waals surface area contributed by atoms with E-state index < -0.39 is 23.5 Å². The van der Waals surface area contributed by atoms with Gasteiger partial charge in [-0.2, -0.15) is 30.7 Å². The number of rotatable bonds is 1. The molecular formula is C13H11F6N3S. The lowest BCUT2D eigenvalue weighted by atomic mass is 9.93. The summed E-state index contributed by atoms with van der Waals surface area (Å²) in [5.41, 5.74) is -2.93. The number of hydrogen-bond donors (Lipinski definition) is 2. The normalized spacial score (nSPS) is 18.6. The number of benzene rings is 1. The third-order valence-corrected chi connectivity index (χ3v) is 4.55. The maximum Gasteiger partial charge on any atom is 0.417 e. The van der Waals surface area contributed by atoms with E-state index in [-0.39, 0.29) is 28.7 Å². The van der Waals surface area contributed by atoms with Crippen LogP contribution in [0.25, 0.3) is 0 Å². The summed E-state index contributed by atoms with van der Waals surface area (Å²) in [5, 5.41) is 5.51. The highest BCUT2D eigenvalue weighted by Crippen LogP contribution is 2.46. The van der Waals surface area contributed by atoms with Crippen LogP contribution in [0.5, 0.6) is 0 Å². The molecule has 0 saturated heterocycles. The van der Waals surface area contributed by atoms with E-state index in [4.69, 9.17) is 0 Å². The molecule has 23 heavy (non-hydrogen) atoms. The fourth-order valence-corrected chi connectivity index (χ4v) is 3.01. The van der Waals surface area contributed by atoms with Gasteiger partial charge in [0.2, 0.25) is 5.96 Å². The van der Waals surface area contributed by atoms with E-state index in [1.54, 1.807) is 0 Å². The molecule has 1 fully saturated rings. The second-order valence-corrected chi connectivity index (χ2v) is 6.10. The molecule has 1 aromatic rings. The molecular weight excluding hydrogens is 344 g/mol. The lowest BCUT2D eigenvalue weighted by molar-refractivity contribution is -0.144. The second-order valence-electron chi connectivity index (χ2n) is 5.32. The van der Waals surface area contributed by atoms with E-state index in [0.29, 0.717) is 18.0 Å². The maximum atomic E-state index is 13.0. The second kappa shape index (κ2) is 5.50. The average Bonchev–Trinajstić information content (AvgIpc) is 2.39. The summed E-state index contributed by atoms with van der Waals surface area (Å²) in [6.07, 6.45) is -6.93. The smallest absolute Gasteiger partial charge is 0.353 e. The number of halogens is 6. The molecule has 1 aliphatic heterocycles. The van der Waals surface area contributed by atoms with Gasteiger partial charge in [-0.1, -0.05) is 0 Å². The van der Waals surface area contributed by atoms with E-state index >= 15 is 0 Å². The van der Waals surface area contributed by atoms with Crippen LogP contribution in [0.3, 0.4) is 0 Å². The molecule has 0 radical (unpaired) electrons. The summed E-state index contributed by atoms with van der Waals surface area (Å²) < 4.78 is 81.6. The molecule has 0 unspecified atom stereocenters. The van der Waals surface area contributed by atoms with Gasteiger partial charge in [-0.3, -0.25) is 0 Å². The summed E-state index contributed by atoms with van der Waals surface area (Å²) >= 11 is 0.522. The van der Waals surface area contributed by atoms with Crippen LogP contribution in [0.1, 0.15) is 30.4 Å². The van der Waals surface area contributed by atoms with Gasteiger partial charge in [-0.15, -0.1) is 0 Å². The molecule has 1 heterocycles. The number of nitrogens with one attached hydrogen (secondary N) is 2. The van der Waals surface area contributed by atoms with Crippen molar-refractivity contribution in [3.05, 3.63) is 23.3 Å². The minimum Gasteiger partial charge on any atom is -0.353 e. The van der Waals surface area contributed by atoms with E-state index in [9.17, 15) is 26.3 Å². The first-order valence-electron chi connectivity index (χ1n) is 6.75. The Hall–Kier alpha value is -1.58. The van der Waals surface area contributed by atoms with Gasteiger partial charge < -0.3 is 10.6 Å². The van der Waals surface area contributed by atoms with E-state index in [2.05, 4.69) is 15.0 Å². The Morgan fingerprint density at radius 3 is 2.30 bits per heavy atom. The predicted molar refractivity (Wildman–Crippen MR) is 74.1 cm³/mol. The monoisotopic (exact) mass is 355 g/mol. The lowest BCUT2D eigenvalue weighted by Gasteiger charge is -2.30. The zero-order valence-corrected chi connectivity index (χ0v) is 12.3. The van der Waals surface area contributed by atoms with Gasteiger partial charge in [-0.05, 0) is 31.4 Å². The van der Waals surface area contributed by atoms with Crippen molar-refractivity contribution < 1.29 is 26.3 Å². The Morgan fingerprint density at radius 1 is 1.09 bits per heavy atom. The van der Waals surface area contributed by atoms with Crippen molar-refractivity contribution in [1.82, 2.24) is 5.32 Å². The van der Waals surface area contributed by atoms with Gasteiger partial charge in [-0.25, -0.2) is 0 Å². The Balaban J connectivity index is 1.96. The van der Waals surface area contributed by atoms with Crippen LogP contribution in [-0.4, -0.2) is 12.0 Å². The largest absolute Gasteiger partial charge is 0.417 e. The number of anilines is 1. The van der Waals surface area contributed by atoms with Crippen molar-refractivity contribution in [3.8, 4) is 0 Å². The molecule has 10 heteroatoms. The minimum absolute atomic E-state index is 0.118. The molecule has 126 valence electrons. The Bertz CT molecular complexity index is 648. The summed E-state index contributed by atoms with van der Waals surface area (Å²) in [5.74, 6) is 0.180. The number of hydrogen-bond acceptors (Lipinski definition) is 4. The molecule has 2 N–H and O–H groups in total.